The lowest BCUT2D eigenvalue weighted by atomic mass is 9.77. The molecule has 0 aromatic heterocycles. The number of hydrogen-bond donors (Lipinski definition) is 0. The molecule has 6 aromatic carbocycles. The molecule has 1 aliphatic carbocycles. The van der Waals surface area contributed by atoms with E-state index >= 15 is 0 Å². The van der Waals surface area contributed by atoms with Gasteiger partial charge in [-0.1, -0.05) is 176 Å². The summed E-state index contributed by atoms with van der Waals surface area (Å²) in [7, 11) is 0. The Hall–Kier alpha value is -6.31. The molecule has 252 valence electrons. The van der Waals surface area contributed by atoms with Gasteiger partial charge in [0.25, 0.3) is 0 Å². The highest BCUT2D eigenvalue weighted by atomic mass is 14.7. The maximum atomic E-state index is 4.07. The Bertz CT molecular complexity index is 2330. The third-order valence-corrected chi connectivity index (χ3v) is 9.68. The summed E-state index contributed by atoms with van der Waals surface area (Å²) >= 11 is 0. The summed E-state index contributed by atoms with van der Waals surface area (Å²) < 4.78 is 0. The molecule has 0 fully saturated rings. The Kier molecular flexibility index (Phi) is 10.6. The summed E-state index contributed by atoms with van der Waals surface area (Å²) in [6.07, 6.45) is 16.1. The molecular formula is C51H43N. The minimum Gasteiger partial charge on any atom is -0.265 e. The fraction of sp³-hybridized carbons (Fsp3) is 0.0784. The van der Waals surface area contributed by atoms with Gasteiger partial charge in [0, 0.05) is 0 Å². The highest BCUT2D eigenvalue weighted by Gasteiger charge is 2.24. The standard InChI is InChI=1S/C51H43N/c1-4-19-39(37(2)52-3)33-32-38-20-17-29-44(34-38)45-30-18-31-46(35-45)48-36-47(40-21-9-5-10-22-40)49(41-23-11-6-12-24-41)51(43-27-15-8-16-28-43)50(48)42-25-13-7-14-26-42/h4-7,9-15,17-31,33-36H,2-3,8,16,32H2,1H3/b19-4-,39-33+. The molecule has 52 heavy (non-hydrogen) atoms. The Morgan fingerprint density at radius 2 is 1.15 bits per heavy atom. The molecule has 0 spiro atoms. The van der Waals surface area contributed by atoms with Crippen molar-refractivity contribution in [2.45, 2.75) is 26.2 Å². The summed E-state index contributed by atoms with van der Waals surface area (Å²) in [6, 6.07) is 53.0. The van der Waals surface area contributed by atoms with E-state index in [2.05, 4.69) is 188 Å². The first-order chi connectivity index (χ1) is 25.6. The van der Waals surface area contributed by atoms with E-state index in [1.807, 2.05) is 19.1 Å². The summed E-state index contributed by atoms with van der Waals surface area (Å²) in [5.41, 5.74) is 17.6. The van der Waals surface area contributed by atoms with Gasteiger partial charge in [0.1, 0.15) is 0 Å². The average Bonchev–Trinajstić information content (AvgIpc) is 3.22. The van der Waals surface area contributed by atoms with Gasteiger partial charge in [-0.2, -0.15) is 0 Å². The second-order valence-electron chi connectivity index (χ2n) is 13.1. The van der Waals surface area contributed by atoms with E-state index < -0.39 is 0 Å². The van der Waals surface area contributed by atoms with Gasteiger partial charge in [-0.25, -0.2) is 0 Å². The van der Waals surface area contributed by atoms with Crippen LogP contribution in [0.1, 0.15) is 30.9 Å². The van der Waals surface area contributed by atoms with Gasteiger partial charge in [-0.05, 0) is 123 Å². The first-order valence-electron chi connectivity index (χ1n) is 18.1. The summed E-state index contributed by atoms with van der Waals surface area (Å²) in [4.78, 5) is 4.07. The molecule has 0 bridgehead atoms. The molecule has 0 amide bonds. The third-order valence-electron chi connectivity index (χ3n) is 9.68. The van der Waals surface area contributed by atoms with Crippen LogP contribution >= 0.6 is 0 Å². The van der Waals surface area contributed by atoms with Crippen molar-refractivity contribution in [3.05, 3.63) is 211 Å². The van der Waals surface area contributed by atoms with Crippen LogP contribution in [-0.4, -0.2) is 6.72 Å². The lowest BCUT2D eigenvalue weighted by molar-refractivity contribution is 1.04. The molecule has 0 heterocycles. The van der Waals surface area contributed by atoms with Crippen LogP contribution in [-0.2, 0) is 6.42 Å². The van der Waals surface area contributed by atoms with Gasteiger partial charge >= 0.3 is 0 Å². The molecular weight excluding hydrogens is 627 g/mol. The SMILES string of the molecule is C=NC(=C)C(/C=C\C)=C/Cc1cccc(-c2cccc(-c3cc(-c4ccccc4)c(-c4ccccc4)c(C4=CCCC=C4)c3-c3ccccc3)c2)c1. The van der Waals surface area contributed by atoms with E-state index in [9.17, 15) is 0 Å². The van der Waals surface area contributed by atoms with Crippen molar-refractivity contribution in [2.75, 3.05) is 0 Å². The van der Waals surface area contributed by atoms with Crippen molar-refractivity contribution in [3.8, 4) is 55.6 Å². The van der Waals surface area contributed by atoms with Gasteiger partial charge in [0.05, 0.1) is 5.70 Å². The van der Waals surface area contributed by atoms with Crippen LogP contribution in [0.2, 0.25) is 0 Å². The molecule has 0 unspecified atom stereocenters. The van der Waals surface area contributed by atoms with Crippen molar-refractivity contribution < 1.29 is 0 Å². The monoisotopic (exact) mass is 669 g/mol. The number of nitrogens with zero attached hydrogens (tertiary/aromatic N) is 1. The van der Waals surface area contributed by atoms with E-state index in [-0.39, 0.29) is 0 Å². The quantitative estimate of drug-likeness (QED) is 0.0962. The Balaban J connectivity index is 1.46. The van der Waals surface area contributed by atoms with Gasteiger partial charge in [-0.15, -0.1) is 0 Å². The minimum atomic E-state index is 0.684. The van der Waals surface area contributed by atoms with E-state index in [4.69, 9.17) is 0 Å². The van der Waals surface area contributed by atoms with Crippen molar-refractivity contribution in [3.63, 3.8) is 0 Å². The molecule has 0 N–H and O–H groups in total. The molecule has 0 saturated carbocycles. The van der Waals surface area contributed by atoms with Crippen molar-refractivity contribution in [2.24, 2.45) is 4.99 Å². The lowest BCUT2D eigenvalue weighted by Gasteiger charge is -2.25. The van der Waals surface area contributed by atoms with Gasteiger partial charge in [0.15, 0.2) is 0 Å². The maximum absolute atomic E-state index is 4.07. The summed E-state index contributed by atoms with van der Waals surface area (Å²) in [6.45, 7) is 9.74. The Morgan fingerprint density at radius 1 is 0.596 bits per heavy atom. The summed E-state index contributed by atoms with van der Waals surface area (Å²) in [5, 5.41) is 0. The lowest BCUT2D eigenvalue weighted by Crippen LogP contribution is -2.01. The van der Waals surface area contributed by atoms with Crippen LogP contribution < -0.4 is 0 Å². The number of aliphatic imine (C=N–C) groups is 1. The molecule has 0 aliphatic heterocycles. The van der Waals surface area contributed by atoms with Crippen LogP contribution in [0, 0.1) is 0 Å². The summed E-state index contributed by atoms with van der Waals surface area (Å²) in [5.74, 6) is 0. The molecule has 6 aromatic rings. The van der Waals surface area contributed by atoms with Crippen molar-refractivity contribution in [1.82, 2.24) is 0 Å². The number of allylic oxidation sites excluding steroid dienone is 7. The van der Waals surface area contributed by atoms with Crippen LogP contribution in [0.4, 0.5) is 0 Å². The largest absolute Gasteiger partial charge is 0.265 e. The fourth-order valence-corrected chi connectivity index (χ4v) is 7.18. The van der Waals surface area contributed by atoms with E-state index in [0.29, 0.717) is 5.70 Å². The first kappa shape index (κ1) is 34.2. The van der Waals surface area contributed by atoms with E-state index in [1.54, 1.807) is 0 Å². The van der Waals surface area contributed by atoms with Gasteiger partial charge in [-0.3, -0.25) is 4.99 Å². The molecule has 0 atom stereocenters. The van der Waals surface area contributed by atoms with Crippen molar-refractivity contribution in [1.29, 1.82) is 0 Å². The Labute approximate surface area is 309 Å². The molecule has 1 aliphatic rings. The van der Waals surface area contributed by atoms with Gasteiger partial charge < -0.3 is 0 Å². The highest BCUT2D eigenvalue weighted by Crippen LogP contribution is 2.49. The smallest absolute Gasteiger partial charge is 0.0619 e. The zero-order valence-electron chi connectivity index (χ0n) is 29.8. The zero-order chi connectivity index (χ0) is 35.7. The van der Waals surface area contributed by atoms with E-state index in [0.717, 1.165) is 24.8 Å². The number of benzene rings is 6. The fourth-order valence-electron chi connectivity index (χ4n) is 7.18. The predicted molar refractivity (Wildman–Crippen MR) is 225 cm³/mol. The van der Waals surface area contributed by atoms with Crippen molar-refractivity contribution >= 4 is 12.3 Å². The second-order valence-corrected chi connectivity index (χ2v) is 13.1. The first-order valence-corrected chi connectivity index (χ1v) is 18.1. The number of rotatable bonds is 11. The van der Waals surface area contributed by atoms with Crippen LogP contribution in [0.5, 0.6) is 0 Å². The number of hydrogen-bond acceptors (Lipinski definition) is 1. The topological polar surface area (TPSA) is 12.4 Å². The maximum Gasteiger partial charge on any atom is 0.0619 e. The van der Waals surface area contributed by atoms with Crippen LogP contribution in [0.3, 0.4) is 0 Å². The Morgan fingerprint density at radius 3 is 1.75 bits per heavy atom. The van der Waals surface area contributed by atoms with Crippen LogP contribution in [0.15, 0.2) is 205 Å². The molecule has 0 radical (unpaired) electrons. The molecule has 0 saturated heterocycles. The second kappa shape index (κ2) is 16.1. The zero-order valence-corrected chi connectivity index (χ0v) is 29.8. The molecule has 1 heteroatoms. The third kappa shape index (κ3) is 7.41. The molecule has 1 nitrogen and oxygen atoms in total. The molecule has 7 rings (SSSR count). The highest BCUT2D eigenvalue weighted by molar-refractivity contribution is 6.06. The van der Waals surface area contributed by atoms with Gasteiger partial charge in [0.2, 0.25) is 0 Å². The average molecular weight is 670 g/mol. The van der Waals surface area contributed by atoms with E-state index in [1.165, 1.54) is 72.3 Å². The van der Waals surface area contributed by atoms with Crippen LogP contribution in [0.25, 0.3) is 61.2 Å². The predicted octanol–water partition coefficient (Wildman–Crippen LogP) is 14.0. The minimum absolute atomic E-state index is 0.684. The normalized spacial score (nSPS) is 12.9.